The van der Waals surface area contributed by atoms with Crippen molar-refractivity contribution in [3.05, 3.63) is 42.4 Å². The van der Waals surface area contributed by atoms with Crippen molar-refractivity contribution in [2.45, 2.75) is 52.1 Å². The molecule has 2 aromatic heterocycles. The minimum Gasteiger partial charge on any atom is -0.357 e. The molecule has 152 valence electrons. The van der Waals surface area contributed by atoms with Gasteiger partial charge in [0.15, 0.2) is 5.96 Å². The van der Waals surface area contributed by atoms with Crippen LogP contribution in [0.3, 0.4) is 0 Å². The Bertz CT molecular complexity index is 686. The molecule has 2 N–H and O–H groups in total. The third kappa shape index (κ3) is 6.55. The van der Waals surface area contributed by atoms with Gasteiger partial charge in [-0.25, -0.2) is 9.98 Å². The highest BCUT2D eigenvalue weighted by molar-refractivity contribution is 5.79. The van der Waals surface area contributed by atoms with E-state index in [2.05, 4.69) is 44.7 Å². The lowest BCUT2D eigenvalue weighted by Crippen LogP contribution is -2.38. The Kier molecular flexibility index (Phi) is 8.15. The van der Waals surface area contributed by atoms with Gasteiger partial charge >= 0.3 is 0 Å². The van der Waals surface area contributed by atoms with Gasteiger partial charge in [-0.1, -0.05) is 18.9 Å². The maximum atomic E-state index is 4.69. The van der Waals surface area contributed by atoms with E-state index in [-0.39, 0.29) is 0 Å². The fraction of sp³-hybridized carbons (Fsp3) is 0.571. The molecule has 3 rings (SSSR count). The molecule has 7 nitrogen and oxygen atoms in total. The second kappa shape index (κ2) is 11.3. The van der Waals surface area contributed by atoms with Crippen molar-refractivity contribution in [2.75, 3.05) is 31.1 Å². The second-order valence-electron chi connectivity index (χ2n) is 7.17. The van der Waals surface area contributed by atoms with Crippen molar-refractivity contribution in [1.29, 1.82) is 0 Å². The summed E-state index contributed by atoms with van der Waals surface area (Å²) < 4.78 is 1.95. The maximum Gasteiger partial charge on any atom is 0.191 e. The first-order valence-corrected chi connectivity index (χ1v) is 10.5. The number of hydrogen-bond donors (Lipinski definition) is 2. The number of aryl methyl sites for hydroxylation is 1. The number of anilines is 1. The minimum absolute atomic E-state index is 0.627. The summed E-state index contributed by atoms with van der Waals surface area (Å²) in [5.74, 6) is 1.94. The summed E-state index contributed by atoms with van der Waals surface area (Å²) in [6.07, 6.45) is 12.0. The third-order valence-electron chi connectivity index (χ3n) is 4.92. The number of guanidine groups is 1. The van der Waals surface area contributed by atoms with E-state index >= 15 is 0 Å². The molecule has 1 saturated heterocycles. The number of hydrogen-bond acceptors (Lipinski definition) is 4. The van der Waals surface area contributed by atoms with Gasteiger partial charge in [-0.05, 0) is 43.9 Å². The highest BCUT2D eigenvalue weighted by Gasteiger charge is 2.10. The van der Waals surface area contributed by atoms with E-state index in [9.17, 15) is 0 Å². The summed E-state index contributed by atoms with van der Waals surface area (Å²) in [5.41, 5.74) is 1.13. The molecule has 0 bridgehead atoms. The molecule has 0 saturated carbocycles. The van der Waals surface area contributed by atoms with Crippen LogP contribution in [-0.4, -0.2) is 46.9 Å². The van der Waals surface area contributed by atoms with Gasteiger partial charge in [0.1, 0.15) is 5.82 Å². The number of aromatic nitrogens is 3. The largest absolute Gasteiger partial charge is 0.357 e. The van der Waals surface area contributed by atoms with Crippen molar-refractivity contribution in [1.82, 2.24) is 25.4 Å². The number of nitrogens with one attached hydrogen (secondary N) is 2. The van der Waals surface area contributed by atoms with Gasteiger partial charge in [0.2, 0.25) is 0 Å². The molecular weight excluding hydrogens is 350 g/mol. The minimum atomic E-state index is 0.627. The van der Waals surface area contributed by atoms with E-state index in [0.29, 0.717) is 6.54 Å². The summed E-state index contributed by atoms with van der Waals surface area (Å²) >= 11 is 0. The van der Waals surface area contributed by atoms with Crippen molar-refractivity contribution in [3.63, 3.8) is 0 Å². The maximum absolute atomic E-state index is 4.69. The molecule has 7 heteroatoms. The van der Waals surface area contributed by atoms with Crippen LogP contribution in [0.4, 0.5) is 5.82 Å². The molecule has 1 aliphatic heterocycles. The van der Waals surface area contributed by atoms with E-state index in [1.165, 1.54) is 25.7 Å². The first-order valence-electron chi connectivity index (χ1n) is 10.5. The molecule has 0 radical (unpaired) electrons. The predicted molar refractivity (Wildman–Crippen MR) is 115 cm³/mol. The van der Waals surface area contributed by atoms with Gasteiger partial charge in [-0.15, -0.1) is 0 Å². The Morgan fingerprint density at radius 1 is 1.14 bits per heavy atom. The van der Waals surface area contributed by atoms with E-state index in [1.54, 1.807) is 0 Å². The molecule has 0 unspecified atom stereocenters. The molecule has 2 aromatic rings. The number of nitrogens with zero attached hydrogens (tertiary/aromatic N) is 5. The molecule has 1 fully saturated rings. The first-order chi connectivity index (χ1) is 13.8. The molecule has 28 heavy (non-hydrogen) atoms. The molecular formula is C21H33N7. The monoisotopic (exact) mass is 383 g/mol. The van der Waals surface area contributed by atoms with Crippen LogP contribution in [0.15, 0.2) is 41.8 Å². The standard InChI is InChI=1S/C21H33N7/c1-2-22-21(23-11-7-15-28-16-8-12-26-28)25-18-19-9-10-20(24-17-19)27-13-5-3-4-6-14-27/h8-10,12,16-17H,2-7,11,13-15,18H2,1H3,(H2,22,23,25). The molecule has 1 aliphatic rings. The highest BCUT2D eigenvalue weighted by Crippen LogP contribution is 2.17. The molecule has 0 amide bonds. The average molecular weight is 384 g/mol. The summed E-state index contributed by atoms with van der Waals surface area (Å²) in [6.45, 7) is 7.56. The summed E-state index contributed by atoms with van der Waals surface area (Å²) in [4.78, 5) is 11.8. The van der Waals surface area contributed by atoms with Crippen LogP contribution in [0, 0.1) is 0 Å². The van der Waals surface area contributed by atoms with Gasteiger partial charge in [0.05, 0.1) is 6.54 Å². The molecule has 3 heterocycles. The SMILES string of the molecule is CCNC(=NCc1ccc(N2CCCCCC2)nc1)NCCCn1cccn1. The normalized spacial score (nSPS) is 15.3. The number of rotatable bonds is 8. The van der Waals surface area contributed by atoms with Crippen LogP contribution in [0.5, 0.6) is 0 Å². The van der Waals surface area contributed by atoms with E-state index in [1.807, 2.05) is 29.3 Å². The zero-order chi connectivity index (χ0) is 19.4. The molecule has 0 spiro atoms. The lowest BCUT2D eigenvalue weighted by molar-refractivity contribution is 0.570. The van der Waals surface area contributed by atoms with Gasteiger partial charge in [-0.2, -0.15) is 5.10 Å². The number of pyridine rings is 1. The van der Waals surface area contributed by atoms with Crippen LogP contribution < -0.4 is 15.5 Å². The van der Waals surface area contributed by atoms with Crippen LogP contribution in [0.2, 0.25) is 0 Å². The fourth-order valence-corrected chi connectivity index (χ4v) is 3.39. The van der Waals surface area contributed by atoms with Gasteiger partial charge < -0.3 is 15.5 Å². The smallest absolute Gasteiger partial charge is 0.191 e. The fourth-order valence-electron chi connectivity index (χ4n) is 3.39. The first kappa shape index (κ1) is 20.2. The summed E-state index contributed by atoms with van der Waals surface area (Å²) in [6, 6.07) is 6.24. The third-order valence-corrected chi connectivity index (χ3v) is 4.92. The van der Waals surface area contributed by atoms with Crippen LogP contribution in [0.1, 0.15) is 44.6 Å². The van der Waals surface area contributed by atoms with Crippen LogP contribution >= 0.6 is 0 Å². The Morgan fingerprint density at radius 3 is 2.68 bits per heavy atom. The lowest BCUT2D eigenvalue weighted by atomic mass is 10.2. The topological polar surface area (TPSA) is 70.4 Å². The van der Waals surface area contributed by atoms with Crippen molar-refractivity contribution in [2.24, 2.45) is 4.99 Å². The Hall–Kier alpha value is -2.57. The Balaban J connectivity index is 1.47. The molecule has 0 aliphatic carbocycles. The van der Waals surface area contributed by atoms with Gasteiger partial charge in [0, 0.05) is 51.3 Å². The average Bonchev–Trinajstić information content (AvgIpc) is 3.10. The van der Waals surface area contributed by atoms with Crippen molar-refractivity contribution >= 4 is 11.8 Å². The second-order valence-corrected chi connectivity index (χ2v) is 7.17. The highest BCUT2D eigenvalue weighted by atomic mass is 15.3. The van der Waals surface area contributed by atoms with Crippen LogP contribution in [-0.2, 0) is 13.1 Å². The van der Waals surface area contributed by atoms with Gasteiger partial charge in [-0.3, -0.25) is 4.68 Å². The predicted octanol–water partition coefficient (Wildman–Crippen LogP) is 2.80. The van der Waals surface area contributed by atoms with Crippen LogP contribution in [0.25, 0.3) is 0 Å². The summed E-state index contributed by atoms with van der Waals surface area (Å²) in [7, 11) is 0. The Labute approximate surface area is 168 Å². The van der Waals surface area contributed by atoms with E-state index < -0.39 is 0 Å². The summed E-state index contributed by atoms with van der Waals surface area (Å²) in [5, 5.41) is 10.9. The zero-order valence-corrected chi connectivity index (χ0v) is 17.0. The quantitative estimate of drug-likeness (QED) is 0.417. The van der Waals surface area contributed by atoms with Gasteiger partial charge in [0.25, 0.3) is 0 Å². The van der Waals surface area contributed by atoms with E-state index in [0.717, 1.165) is 56.5 Å². The van der Waals surface area contributed by atoms with Crippen molar-refractivity contribution in [3.8, 4) is 0 Å². The Morgan fingerprint density at radius 2 is 2.00 bits per heavy atom. The molecule has 0 aromatic carbocycles. The number of aliphatic imine (C=N–C) groups is 1. The lowest BCUT2D eigenvalue weighted by Gasteiger charge is -2.21. The zero-order valence-electron chi connectivity index (χ0n) is 17.0. The molecule has 0 atom stereocenters. The van der Waals surface area contributed by atoms with Crippen molar-refractivity contribution < 1.29 is 0 Å². The van der Waals surface area contributed by atoms with E-state index in [4.69, 9.17) is 4.99 Å².